The zero-order valence-electron chi connectivity index (χ0n) is 12.3. The number of nitrogens with zero attached hydrogens (tertiary/aromatic N) is 3. The summed E-state index contributed by atoms with van der Waals surface area (Å²) in [6, 6.07) is 1.76. The molecule has 1 rings (SSSR count). The average molecular weight is 306 g/mol. The van der Waals surface area contributed by atoms with Crippen LogP contribution in [-0.2, 0) is 12.8 Å². The van der Waals surface area contributed by atoms with Gasteiger partial charge in [0.2, 0.25) is 0 Å². The van der Waals surface area contributed by atoms with Crippen LogP contribution >= 0.6 is 0 Å². The van der Waals surface area contributed by atoms with E-state index in [1.54, 1.807) is 18.3 Å². The van der Waals surface area contributed by atoms with Gasteiger partial charge in [-0.2, -0.15) is 0 Å². The Morgan fingerprint density at radius 2 is 2.27 bits per heavy atom. The molecule has 0 saturated carbocycles. The van der Waals surface area contributed by atoms with E-state index in [4.69, 9.17) is 5.73 Å². The predicted octanol–water partition coefficient (Wildman–Crippen LogP) is 1.99. The molecule has 1 amide bonds. The third-order valence-electron chi connectivity index (χ3n) is 3.17. The van der Waals surface area contributed by atoms with Gasteiger partial charge in [0.15, 0.2) is 0 Å². The minimum Gasteiger partial charge on any atom is -0.366 e. The Bertz CT molecular complexity index is 586. The summed E-state index contributed by atoms with van der Waals surface area (Å²) in [5.74, 6) is -0.512. The van der Waals surface area contributed by atoms with Crippen molar-refractivity contribution < 1.29 is 9.72 Å². The molecule has 1 aromatic heterocycles. The van der Waals surface area contributed by atoms with Gasteiger partial charge in [0, 0.05) is 11.4 Å². The Balaban J connectivity index is 2.67. The van der Waals surface area contributed by atoms with E-state index < -0.39 is 17.0 Å². The molecule has 2 N–H and O–H groups in total. The van der Waals surface area contributed by atoms with Crippen LogP contribution in [0.5, 0.6) is 0 Å². The third-order valence-corrected chi connectivity index (χ3v) is 3.17. The Kier molecular flexibility index (Phi) is 6.81. The van der Waals surface area contributed by atoms with Crippen LogP contribution in [-0.4, -0.2) is 22.0 Å². The molecule has 0 aromatic carbocycles. The second-order valence-electron chi connectivity index (χ2n) is 4.63. The molecule has 1 unspecified atom stereocenters. The summed E-state index contributed by atoms with van der Waals surface area (Å²) in [6.07, 6.45) is 5.04. The molecule has 0 spiro atoms. The molecule has 0 aliphatic carbocycles. The highest BCUT2D eigenvalue weighted by molar-refractivity contribution is 5.95. The number of primary amides is 1. The van der Waals surface area contributed by atoms with Gasteiger partial charge >= 0.3 is 6.17 Å². The van der Waals surface area contributed by atoms with Crippen molar-refractivity contribution >= 4 is 5.91 Å². The van der Waals surface area contributed by atoms with E-state index in [1.165, 1.54) is 6.08 Å². The number of pyridine rings is 1. The monoisotopic (exact) mass is 306 g/mol. The maximum atomic E-state index is 11.5. The maximum absolute atomic E-state index is 11.5. The first kappa shape index (κ1) is 17.4. The van der Waals surface area contributed by atoms with Crippen LogP contribution in [0.3, 0.4) is 0 Å². The highest BCUT2D eigenvalue weighted by Crippen LogP contribution is 2.15. The first-order chi connectivity index (χ1) is 10.5. The van der Waals surface area contributed by atoms with Crippen molar-refractivity contribution in [1.29, 1.82) is 0 Å². The zero-order chi connectivity index (χ0) is 16.5. The van der Waals surface area contributed by atoms with Crippen molar-refractivity contribution in [3.05, 3.63) is 56.3 Å². The highest BCUT2D eigenvalue weighted by atomic mass is 16.6. The number of allylic oxidation sites excluding steroid dienone is 1. The molecule has 1 heterocycles. The standard InChI is InChI=1S/C14H18N4O4/c1-2-10-8-9-16-11(13(10)14(15)19)6-4-3-5-7-12(17-20)18(21)22/h3,5,8-9,12H,2,4,6-7H2,1H3,(H2,15,19). The molecule has 1 aromatic rings. The third kappa shape index (κ3) is 4.72. The zero-order valence-corrected chi connectivity index (χ0v) is 12.3. The van der Waals surface area contributed by atoms with Crippen molar-refractivity contribution in [2.45, 2.75) is 38.8 Å². The lowest BCUT2D eigenvalue weighted by Crippen LogP contribution is -2.17. The van der Waals surface area contributed by atoms with Crippen molar-refractivity contribution in [3.8, 4) is 0 Å². The minimum atomic E-state index is -1.46. The van der Waals surface area contributed by atoms with Crippen LogP contribution in [0.15, 0.2) is 29.6 Å². The van der Waals surface area contributed by atoms with E-state index in [0.29, 0.717) is 30.5 Å². The number of amides is 1. The van der Waals surface area contributed by atoms with Crippen LogP contribution < -0.4 is 5.73 Å². The van der Waals surface area contributed by atoms with Crippen molar-refractivity contribution in [2.75, 3.05) is 0 Å². The number of rotatable bonds is 9. The number of nitro groups is 1. The molecule has 8 heteroatoms. The summed E-state index contributed by atoms with van der Waals surface area (Å²) in [5, 5.41) is 12.9. The number of nitrogens with two attached hydrogens (primary N) is 1. The summed E-state index contributed by atoms with van der Waals surface area (Å²) in [5.41, 5.74) is 7.29. The highest BCUT2D eigenvalue weighted by Gasteiger charge is 2.17. The lowest BCUT2D eigenvalue weighted by atomic mass is 10.0. The molecular weight excluding hydrogens is 288 g/mol. The van der Waals surface area contributed by atoms with Crippen molar-refractivity contribution in [2.24, 2.45) is 10.9 Å². The van der Waals surface area contributed by atoms with Gasteiger partial charge in [0.1, 0.15) is 0 Å². The number of aryl methyl sites for hydroxylation is 2. The lowest BCUT2D eigenvalue weighted by Gasteiger charge is -2.09. The Morgan fingerprint density at radius 3 is 2.82 bits per heavy atom. The fraction of sp³-hybridized carbons (Fsp3) is 0.429. The first-order valence-electron chi connectivity index (χ1n) is 6.88. The number of aromatic nitrogens is 1. The Labute approximate surface area is 127 Å². The van der Waals surface area contributed by atoms with E-state index in [9.17, 15) is 19.8 Å². The summed E-state index contributed by atoms with van der Waals surface area (Å²) in [7, 11) is 0. The number of carbonyl (C=O) groups is 1. The quantitative estimate of drug-likeness (QED) is 0.323. The predicted molar refractivity (Wildman–Crippen MR) is 80.8 cm³/mol. The molecule has 0 bridgehead atoms. The molecule has 0 aliphatic rings. The summed E-state index contributed by atoms with van der Waals surface area (Å²) < 4.78 is 0. The fourth-order valence-electron chi connectivity index (χ4n) is 2.06. The normalized spacial score (nSPS) is 12.2. The Hall–Kier alpha value is -2.64. The summed E-state index contributed by atoms with van der Waals surface area (Å²) >= 11 is 0. The lowest BCUT2D eigenvalue weighted by molar-refractivity contribution is -0.519. The molecule has 0 radical (unpaired) electrons. The van der Waals surface area contributed by atoms with Crippen LogP contribution in [0.1, 0.15) is 41.4 Å². The number of hydrogen-bond donors (Lipinski definition) is 1. The van der Waals surface area contributed by atoms with E-state index in [1.807, 2.05) is 6.92 Å². The van der Waals surface area contributed by atoms with Gasteiger partial charge in [-0.15, -0.1) is 4.91 Å². The van der Waals surface area contributed by atoms with Gasteiger partial charge in [0.25, 0.3) is 5.91 Å². The first-order valence-corrected chi connectivity index (χ1v) is 6.88. The minimum absolute atomic E-state index is 0.0540. The SMILES string of the molecule is CCc1ccnc(CCC=CCC(N=O)[N+](=O)[O-])c1C(N)=O. The van der Waals surface area contributed by atoms with Crippen LogP contribution in [0, 0.1) is 15.0 Å². The second-order valence-corrected chi connectivity index (χ2v) is 4.63. The smallest absolute Gasteiger partial charge is 0.343 e. The maximum Gasteiger partial charge on any atom is 0.343 e. The molecule has 8 nitrogen and oxygen atoms in total. The second kappa shape index (κ2) is 8.60. The van der Waals surface area contributed by atoms with E-state index in [-0.39, 0.29) is 6.42 Å². The van der Waals surface area contributed by atoms with Crippen LogP contribution in [0.4, 0.5) is 0 Å². The number of carbonyl (C=O) groups excluding carboxylic acids is 1. The number of nitroso groups, excluding NO2 is 1. The average Bonchev–Trinajstić information content (AvgIpc) is 2.49. The van der Waals surface area contributed by atoms with Crippen molar-refractivity contribution in [3.63, 3.8) is 0 Å². The van der Waals surface area contributed by atoms with E-state index >= 15 is 0 Å². The molecule has 0 aliphatic heterocycles. The topological polar surface area (TPSA) is 129 Å². The van der Waals surface area contributed by atoms with Gasteiger partial charge in [-0.3, -0.25) is 19.9 Å². The molecule has 22 heavy (non-hydrogen) atoms. The van der Waals surface area contributed by atoms with Gasteiger partial charge in [-0.25, -0.2) is 0 Å². The van der Waals surface area contributed by atoms with Crippen molar-refractivity contribution in [1.82, 2.24) is 4.98 Å². The van der Waals surface area contributed by atoms with Gasteiger partial charge in [-0.1, -0.05) is 19.1 Å². The summed E-state index contributed by atoms with van der Waals surface area (Å²) in [6.45, 7) is 1.93. The van der Waals surface area contributed by atoms with E-state index in [0.717, 1.165) is 5.56 Å². The largest absolute Gasteiger partial charge is 0.366 e. The summed E-state index contributed by atoms with van der Waals surface area (Å²) in [4.78, 5) is 35.6. The van der Waals surface area contributed by atoms with Gasteiger partial charge in [0.05, 0.1) is 22.6 Å². The van der Waals surface area contributed by atoms with Gasteiger partial charge < -0.3 is 5.73 Å². The van der Waals surface area contributed by atoms with E-state index in [2.05, 4.69) is 10.2 Å². The van der Waals surface area contributed by atoms with Crippen LogP contribution in [0.25, 0.3) is 0 Å². The molecule has 1 atom stereocenters. The fourth-order valence-corrected chi connectivity index (χ4v) is 2.06. The molecule has 0 saturated heterocycles. The number of hydrogen-bond acceptors (Lipinski definition) is 6. The van der Waals surface area contributed by atoms with Crippen LogP contribution in [0.2, 0.25) is 0 Å². The molecule has 118 valence electrons. The Morgan fingerprint density at radius 1 is 1.55 bits per heavy atom. The molecular formula is C14H18N4O4. The van der Waals surface area contributed by atoms with Gasteiger partial charge in [-0.05, 0) is 30.9 Å². The molecule has 0 fully saturated rings.